The zero-order chi connectivity index (χ0) is 13.8. The van der Waals surface area contributed by atoms with Crippen molar-refractivity contribution in [3.05, 3.63) is 27.5 Å². The van der Waals surface area contributed by atoms with Gasteiger partial charge in [-0.25, -0.2) is 4.39 Å². The van der Waals surface area contributed by atoms with Crippen LogP contribution < -0.4 is 10.1 Å². The van der Waals surface area contributed by atoms with Crippen molar-refractivity contribution in [2.75, 3.05) is 39.8 Å². The number of aryl methyl sites for hydroxylation is 1. The minimum atomic E-state index is -0.197. The first-order valence-electron chi connectivity index (χ1n) is 6.58. The van der Waals surface area contributed by atoms with E-state index in [0.29, 0.717) is 22.2 Å². The minimum Gasteiger partial charge on any atom is -0.496 e. The molecule has 0 aromatic heterocycles. The number of nitrogens with one attached hydrogen (secondary N) is 1. The summed E-state index contributed by atoms with van der Waals surface area (Å²) >= 11 is 3.27. The maximum absolute atomic E-state index is 14.2. The topological polar surface area (TPSA) is 24.5 Å². The number of benzene rings is 1. The maximum atomic E-state index is 14.2. The first-order chi connectivity index (χ1) is 9.13. The van der Waals surface area contributed by atoms with Crippen LogP contribution in [-0.4, -0.2) is 44.7 Å². The first-order valence-corrected chi connectivity index (χ1v) is 7.37. The Hall–Kier alpha value is -0.650. The van der Waals surface area contributed by atoms with Crippen LogP contribution in [0.25, 0.3) is 0 Å². The SMILES string of the molecule is COc1c(C)cc(Br)c(F)c1CCN1CCNCC1. The molecule has 106 valence electrons. The van der Waals surface area contributed by atoms with Crippen molar-refractivity contribution in [3.63, 3.8) is 0 Å². The number of rotatable bonds is 4. The third kappa shape index (κ3) is 3.46. The fraction of sp³-hybridized carbons (Fsp3) is 0.571. The molecule has 1 aromatic carbocycles. The molecule has 0 aliphatic carbocycles. The van der Waals surface area contributed by atoms with Crippen LogP contribution in [0, 0.1) is 12.7 Å². The highest BCUT2D eigenvalue weighted by molar-refractivity contribution is 9.10. The fourth-order valence-corrected chi connectivity index (χ4v) is 3.10. The second kappa shape index (κ2) is 6.68. The van der Waals surface area contributed by atoms with Gasteiger partial charge in [0.1, 0.15) is 11.6 Å². The predicted octanol–water partition coefficient (Wildman–Crippen LogP) is 2.35. The Morgan fingerprint density at radius 3 is 2.74 bits per heavy atom. The molecule has 1 heterocycles. The number of hydrogen-bond donors (Lipinski definition) is 1. The molecule has 1 N–H and O–H groups in total. The van der Waals surface area contributed by atoms with Gasteiger partial charge in [0.25, 0.3) is 0 Å². The van der Waals surface area contributed by atoms with Crippen molar-refractivity contribution in [3.8, 4) is 5.75 Å². The Morgan fingerprint density at radius 2 is 2.11 bits per heavy atom. The highest BCUT2D eigenvalue weighted by atomic mass is 79.9. The summed E-state index contributed by atoms with van der Waals surface area (Å²) in [7, 11) is 1.60. The first kappa shape index (κ1) is 14.8. The van der Waals surface area contributed by atoms with E-state index in [1.54, 1.807) is 13.2 Å². The molecule has 0 amide bonds. The molecule has 1 aliphatic heterocycles. The van der Waals surface area contributed by atoms with Gasteiger partial charge < -0.3 is 15.0 Å². The molecule has 1 saturated heterocycles. The summed E-state index contributed by atoms with van der Waals surface area (Å²) in [6.45, 7) is 6.88. The third-order valence-corrected chi connectivity index (χ3v) is 4.12. The predicted molar refractivity (Wildman–Crippen MR) is 78.4 cm³/mol. The van der Waals surface area contributed by atoms with Crippen LogP contribution in [-0.2, 0) is 6.42 Å². The van der Waals surface area contributed by atoms with Crippen LogP contribution in [0.3, 0.4) is 0 Å². The summed E-state index contributed by atoms with van der Waals surface area (Å²) in [5.74, 6) is 0.480. The van der Waals surface area contributed by atoms with E-state index in [-0.39, 0.29) is 5.82 Å². The maximum Gasteiger partial charge on any atom is 0.144 e. The standard InChI is InChI=1S/C14H20BrFN2O/c1-10-9-12(15)13(16)11(14(10)19-2)3-6-18-7-4-17-5-8-18/h9,17H,3-8H2,1-2H3. The molecule has 5 heteroatoms. The van der Waals surface area contributed by atoms with E-state index in [1.807, 2.05) is 6.92 Å². The third-order valence-electron chi connectivity index (χ3n) is 3.54. The normalized spacial score (nSPS) is 16.6. The van der Waals surface area contributed by atoms with Gasteiger partial charge >= 0.3 is 0 Å². The largest absolute Gasteiger partial charge is 0.496 e. The zero-order valence-corrected chi connectivity index (χ0v) is 13.0. The Balaban J connectivity index is 2.13. The fourth-order valence-electron chi connectivity index (χ4n) is 2.51. The summed E-state index contributed by atoms with van der Waals surface area (Å²) in [6, 6.07) is 1.77. The minimum absolute atomic E-state index is 0.197. The van der Waals surface area contributed by atoms with Gasteiger partial charge in [-0.3, -0.25) is 0 Å². The number of piperazine rings is 1. The highest BCUT2D eigenvalue weighted by Crippen LogP contribution is 2.32. The van der Waals surface area contributed by atoms with Crippen LogP contribution in [0.2, 0.25) is 0 Å². The van der Waals surface area contributed by atoms with Crippen LogP contribution in [0.15, 0.2) is 10.5 Å². The molecule has 1 aromatic rings. The molecule has 0 spiro atoms. The van der Waals surface area contributed by atoms with Crippen LogP contribution >= 0.6 is 15.9 Å². The van der Waals surface area contributed by atoms with Crippen molar-refractivity contribution < 1.29 is 9.13 Å². The Kier molecular flexibility index (Phi) is 5.19. The summed E-state index contributed by atoms with van der Waals surface area (Å²) < 4.78 is 20.1. The van der Waals surface area contributed by atoms with Gasteiger partial charge in [-0.1, -0.05) is 0 Å². The van der Waals surface area contributed by atoms with Crippen molar-refractivity contribution in [2.24, 2.45) is 0 Å². The summed E-state index contributed by atoms with van der Waals surface area (Å²) in [5, 5.41) is 3.32. The monoisotopic (exact) mass is 330 g/mol. The molecular weight excluding hydrogens is 311 g/mol. The van der Waals surface area contributed by atoms with E-state index in [9.17, 15) is 4.39 Å². The molecule has 0 atom stereocenters. The second-order valence-electron chi connectivity index (χ2n) is 4.84. The Bertz CT molecular complexity index is 448. The average Bonchev–Trinajstić information content (AvgIpc) is 2.42. The lowest BCUT2D eigenvalue weighted by atomic mass is 10.1. The van der Waals surface area contributed by atoms with Crippen LogP contribution in [0.5, 0.6) is 5.75 Å². The van der Waals surface area contributed by atoms with Crippen molar-refractivity contribution in [2.45, 2.75) is 13.3 Å². The number of halogens is 2. The van der Waals surface area contributed by atoms with Crippen molar-refractivity contribution in [1.82, 2.24) is 10.2 Å². The van der Waals surface area contributed by atoms with Gasteiger partial charge in [-0.05, 0) is 40.9 Å². The molecule has 0 saturated carbocycles. The molecule has 0 radical (unpaired) electrons. The van der Waals surface area contributed by atoms with E-state index in [4.69, 9.17) is 4.74 Å². The lowest BCUT2D eigenvalue weighted by molar-refractivity contribution is 0.242. The molecule has 19 heavy (non-hydrogen) atoms. The van der Waals surface area contributed by atoms with Gasteiger partial charge in [0.15, 0.2) is 0 Å². The molecule has 1 fully saturated rings. The molecule has 1 aliphatic rings. The Labute approximate surface area is 122 Å². The van der Waals surface area contributed by atoms with E-state index >= 15 is 0 Å². The summed E-state index contributed by atoms with van der Waals surface area (Å²) in [6.07, 6.45) is 0.676. The average molecular weight is 331 g/mol. The van der Waals surface area contributed by atoms with Gasteiger partial charge in [-0.15, -0.1) is 0 Å². The number of nitrogens with zero attached hydrogens (tertiary/aromatic N) is 1. The molecule has 0 bridgehead atoms. The lowest BCUT2D eigenvalue weighted by Crippen LogP contribution is -2.44. The molecule has 0 unspecified atom stereocenters. The Morgan fingerprint density at radius 1 is 1.42 bits per heavy atom. The van der Waals surface area contributed by atoms with E-state index < -0.39 is 0 Å². The van der Waals surface area contributed by atoms with Crippen molar-refractivity contribution in [1.29, 1.82) is 0 Å². The van der Waals surface area contributed by atoms with Gasteiger partial charge in [-0.2, -0.15) is 0 Å². The number of hydrogen-bond acceptors (Lipinski definition) is 3. The zero-order valence-electron chi connectivity index (χ0n) is 11.4. The van der Waals surface area contributed by atoms with Crippen molar-refractivity contribution >= 4 is 15.9 Å². The van der Waals surface area contributed by atoms with Gasteiger partial charge in [0, 0.05) is 38.3 Å². The second-order valence-corrected chi connectivity index (χ2v) is 5.70. The molecule has 2 rings (SSSR count). The number of ether oxygens (including phenoxy) is 1. The summed E-state index contributed by atoms with van der Waals surface area (Å²) in [4.78, 5) is 2.35. The smallest absolute Gasteiger partial charge is 0.144 e. The lowest BCUT2D eigenvalue weighted by Gasteiger charge is -2.27. The number of methoxy groups -OCH3 is 1. The molecular formula is C14H20BrFN2O. The van der Waals surface area contributed by atoms with E-state index in [2.05, 4.69) is 26.1 Å². The summed E-state index contributed by atoms with van der Waals surface area (Å²) in [5.41, 5.74) is 1.64. The van der Waals surface area contributed by atoms with E-state index in [0.717, 1.165) is 38.3 Å². The van der Waals surface area contributed by atoms with Crippen LogP contribution in [0.4, 0.5) is 4.39 Å². The highest BCUT2D eigenvalue weighted by Gasteiger charge is 2.17. The van der Waals surface area contributed by atoms with Gasteiger partial charge in [0.05, 0.1) is 11.6 Å². The van der Waals surface area contributed by atoms with E-state index in [1.165, 1.54) is 0 Å². The quantitative estimate of drug-likeness (QED) is 0.917. The van der Waals surface area contributed by atoms with Gasteiger partial charge in [0.2, 0.25) is 0 Å². The molecule has 3 nitrogen and oxygen atoms in total. The van der Waals surface area contributed by atoms with Crippen LogP contribution in [0.1, 0.15) is 11.1 Å².